The quantitative estimate of drug-likeness (QED) is 0.417. The summed E-state index contributed by atoms with van der Waals surface area (Å²) in [5, 5.41) is 22.2. The van der Waals surface area contributed by atoms with Gasteiger partial charge in [-0.05, 0) is 12.5 Å². The van der Waals surface area contributed by atoms with E-state index in [1.54, 1.807) is 12.1 Å². The molecule has 0 atom stereocenters. The molecule has 1 aromatic heterocycles. The van der Waals surface area contributed by atoms with Gasteiger partial charge in [0.05, 0.1) is 4.43 Å². The molecule has 1 aromatic carbocycles. The number of amidine groups is 1. The number of nitrogens with zero attached hydrogens (tertiary/aromatic N) is 2. The third-order valence-corrected chi connectivity index (χ3v) is 3.88. The topological polar surface area (TPSA) is 130 Å². The Balaban J connectivity index is 0.00000288. The van der Waals surface area contributed by atoms with Crippen LogP contribution in [0, 0.1) is 15.5 Å². The van der Waals surface area contributed by atoms with E-state index in [0.717, 1.165) is 11.8 Å². The molecule has 0 fully saturated rings. The number of hydrogen-bond acceptors (Lipinski definition) is 5. The average Bonchev–Trinajstić information content (AvgIpc) is 2.54. The van der Waals surface area contributed by atoms with Gasteiger partial charge in [-0.1, -0.05) is 30.8 Å². The summed E-state index contributed by atoms with van der Waals surface area (Å²) in [6, 6.07) is 6.24. The number of thioether (sulfide) groups is 1. The summed E-state index contributed by atoms with van der Waals surface area (Å²) in [7, 11) is 0. The first-order chi connectivity index (χ1) is 11.0. The summed E-state index contributed by atoms with van der Waals surface area (Å²) in [6.07, 6.45) is 0.701. The lowest BCUT2D eigenvalue weighted by Gasteiger charge is -2.18. The van der Waals surface area contributed by atoms with Crippen LogP contribution in [0.4, 0.5) is 0 Å². The van der Waals surface area contributed by atoms with Crippen LogP contribution in [0.5, 0.6) is 0 Å². The molecule has 2 rings (SSSR count). The fraction of sp³-hybridized carbons (Fsp3) is 0.286. The number of nitrogens with two attached hydrogens (primary N) is 1. The highest BCUT2D eigenvalue weighted by Crippen LogP contribution is 2.19. The lowest BCUT2D eigenvalue weighted by molar-refractivity contribution is -0.468. The van der Waals surface area contributed by atoms with Gasteiger partial charge in [0.1, 0.15) is 11.2 Å². The molecule has 1 heterocycles. The molecule has 8 nitrogen and oxygen atoms in total. The standard InChI is InChI=1S/C14H17N5O3S.ClH/c1-2-7-17-13(20)12-11(8-23-14(15)16)18(21)9-5-3-4-6-10(9)19(12)22;/h3-6H,2,7-8H2,1H3,(H3,15,16)(H,17,20);1H. The Kier molecular flexibility index (Phi) is 7.05. The van der Waals surface area contributed by atoms with Crippen molar-refractivity contribution in [1.29, 1.82) is 5.41 Å². The highest BCUT2D eigenvalue weighted by Gasteiger charge is 2.28. The minimum Gasteiger partial charge on any atom is -0.805 e. The van der Waals surface area contributed by atoms with E-state index in [4.69, 9.17) is 11.1 Å². The first-order valence-corrected chi connectivity index (χ1v) is 7.97. The number of amides is 1. The van der Waals surface area contributed by atoms with Crippen molar-refractivity contribution >= 4 is 46.3 Å². The van der Waals surface area contributed by atoms with Crippen molar-refractivity contribution in [3.8, 4) is 0 Å². The molecule has 4 N–H and O–H groups in total. The van der Waals surface area contributed by atoms with E-state index < -0.39 is 5.91 Å². The fourth-order valence-electron chi connectivity index (χ4n) is 2.11. The van der Waals surface area contributed by atoms with Gasteiger partial charge in [-0.3, -0.25) is 10.2 Å². The molecular formula is C14H18ClN5O3S. The molecule has 24 heavy (non-hydrogen) atoms. The number of benzene rings is 1. The Hall–Kier alpha value is -2.26. The van der Waals surface area contributed by atoms with E-state index in [2.05, 4.69) is 5.32 Å². The van der Waals surface area contributed by atoms with E-state index in [1.165, 1.54) is 12.1 Å². The number of rotatable bonds is 5. The zero-order chi connectivity index (χ0) is 17.0. The summed E-state index contributed by atoms with van der Waals surface area (Å²) < 4.78 is 1.02. The van der Waals surface area contributed by atoms with Crippen molar-refractivity contribution in [2.24, 2.45) is 5.73 Å². The number of halogens is 1. The number of para-hydroxylation sites is 2. The number of carbonyl (C=O) groups excluding carboxylic acids is 1. The zero-order valence-electron chi connectivity index (χ0n) is 12.9. The SMILES string of the molecule is CCCNC(=O)c1c(CSC(=N)N)n([O-])c2ccccc2[n+]1=O.Cl. The van der Waals surface area contributed by atoms with Gasteiger partial charge in [0.2, 0.25) is 0 Å². The van der Waals surface area contributed by atoms with Crippen LogP contribution in [0.2, 0.25) is 0 Å². The molecular weight excluding hydrogens is 354 g/mol. The predicted octanol–water partition coefficient (Wildman–Crippen LogP) is 1.59. The smallest absolute Gasteiger partial charge is 0.347 e. The number of hydrogen-bond donors (Lipinski definition) is 3. The molecule has 0 spiro atoms. The van der Waals surface area contributed by atoms with Crippen molar-refractivity contribution in [2.45, 2.75) is 19.1 Å². The van der Waals surface area contributed by atoms with E-state index in [1.807, 2.05) is 6.92 Å². The molecule has 0 aliphatic carbocycles. The van der Waals surface area contributed by atoms with Crippen LogP contribution < -0.4 is 15.5 Å². The van der Waals surface area contributed by atoms with Gasteiger partial charge in [-0.25, -0.2) is 0 Å². The lowest BCUT2D eigenvalue weighted by Crippen LogP contribution is -2.37. The van der Waals surface area contributed by atoms with Crippen molar-refractivity contribution < 1.29 is 9.22 Å². The van der Waals surface area contributed by atoms with Gasteiger partial charge >= 0.3 is 11.6 Å². The molecule has 1 amide bonds. The van der Waals surface area contributed by atoms with Crippen molar-refractivity contribution in [3.05, 3.63) is 45.8 Å². The predicted molar refractivity (Wildman–Crippen MR) is 97.2 cm³/mol. The second-order valence-electron chi connectivity index (χ2n) is 4.78. The van der Waals surface area contributed by atoms with Crippen LogP contribution in [0.25, 0.3) is 11.0 Å². The third-order valence-electron chi connectivity index (χ3n) is 3.16. The largest absolute Gasteiger partial charge is 0.805 e. The van der Waals surface area contributed by atoms with Crippen LogP contribution in [0.3, 0.4) is 0 Å². The highest BCUT2D eigenvalue weighted by atomic mass is 35.5. The van der Waals surface area contributed by atoms with Gasteiger partial charge in [0.25, 0.3) is 5.52 Å². The molecule has 0 saturated heterocycles. The summed E-state index contributed by atoms with van der Waals surface area (Å²) in [4.78, 5) is 24.9. The zero-order valence-corrected chi connectivity index (χ0v) is 14.6. The second-order valence-corrected chi connectivity index (χ2v) is 5.80. The van der Waals surface area contributed by atoms with E-state index >= 15 is 0 Å². The maximum Gasteiger partial charge on any atom is 0.347 e. The van der Waals surface area contributed by atoms with E-state index in [0.29, 0.717) is 22.1 Å². The molecule has 10 heteroatoms. The average molecular weight is 372 g/mol. The number of fused-ring (bicyclic) bond motifs is 1. The minimum atomic E-state index is -0.614. The molecule has 0 aliphatic heterocycles. The Morgan fingerprint density at radius 1 is 1.46 bits per heavy atom. The second kappa shape index (κ2) is 8.55. The molecule has 0 unspecified atom stereocenters. The van der Waals surface area contributed by atoms with Crippen molar-refractivity contribution in [2.75, 3.05) is 6.54 Å². The molecule has 0 aliphatic rings. The fourth-order valence-corrected chi connectivity index (χ4v) is 2.65. The molecule has 0 saturated carbocycles. The number of nitrogens with one attached hydrogen (secondary N) is 2. The molecule has 0 radical (unpaired) electrons. The first kappa shape index (κ1) is 19.8. The normalized spacial score (nSPS) is 10.2. The summed E-state index contributed by atoms with van der Waals surface area (Å²) in [5.41, 5.74) is 5.29. The Labute approximate surface area is 148 Å². The van der Waals surface area contributed by atoms with Crippen LogP contribution in [-0.4, -0.2) is 22.3 Å². The van der Waals surface area contributed by atoms with Gasteiger partial charge < -0.3 is 21.0 Å². The van der Waals surface area contributed by atoms with Crippen LogP contribution >= 0.6 is 24.2 Å². The summed E-state index contributed by atoms with van der Waals surface area (Å²) >= 11 is 0.879. The van der Waals surface area contributed by atoms with Gasteiger partial charge in [-0.2, -0.15) is 0 Å². The monoisotopic (exact) mass is 371 g/mol. The van der Waals surface area contributed by atoms with Gasteiger partial charge in [0.15, 0.2) is 5.17 Å². The van der Waals surface area contributed by atoms with Gasteiger partial charge in [-0.15, -0.1) is 12.4 Å². The van der Waals surface area contributed by atoms with Crippen LogP contribution in [0.15, 0.2) is 24.3 Å². The maximum atomic E-state index is 12.6. The summed E-state index contributed by atoms with van der Waals surface area (Å²) in [6.45, 7) is 2.27. The third kappa shape index (κ3) is 3.98. The molecule has 0 bridgehead atoms. The van der Waals surface area contributed by atoms with Crippen LogP contribution in [-0.2, 0) is 5.75 Å². The first-order valence-electron chi connectivity index (χ1n) is 6.99. The Morgan fingerprint density at radius 3 is 2.75 bits per heavy atom. The summed E-state index contributed by atoms with van der Waals surface area (Å²) in [5.74, 6) is -0.655. The highest BCUT2D eigenvalue weighted by molar-refractivity contribution is 8.13. The maximum absolute atomic E-state index is 12.6. The van der Waals surface area contributed by atoms with Crippen molar-refractivity contribution in [1.82, 2.24) is 10.0 Å². The van der Waals surface area contributed by atoms with E-state index in [-0.39, 0.29) is 45.7 Å². The Bertz CT molecular complexity index is 824. The molecule has 130 valence electrons. The van der Waals surface area contributed by atoms with E-state index in [9.17, 15) is 14.9 Å². The number of carbonyl (C=O) groups is 1. The number of aromatic nitrogens is 2. The van der Waals surface area contributed by atoms with Crippen LogP contribution in [0.1, 0.15) is 29.5 Å². The Morgan fingerprint density at radius 2 is 2.12 bits per heavy atom. The molecule has 2 aromatic rings. The van der Waals surface area contributed by atoms with Crippen molar-refractivity contribution in [3.63, 3.8) is 0 Å². The minimum absolute atomic E-state index is 0. The lowest BCUT2D eigenvalue weighted by atomic mass is 10.2. The van der Waals surface area contributed by atoms with Gasteiger partial charge in [0, 0.05) is 23.3 Å².